The van der Waals surface area contributed by atoms with Crippen LogP contribution in [0.15, 0.2) is 103 Å². The number of aryl methyl sites for hydroxylation is 2. The van der Waals surface area contributed by atoms with Gasteiger partial charge in [-0.3, -0.25) is 9.55 Å². The summed E-state index contributed by atoms with van der Waals surface area (Å²) in [5.74, 6) is 2.51. The fraction of sp³-hybridized carbons (Fsp3) is 0.152. The monoisotopic (exact) mass is 481 g/mol. The molecule has 7 heterocycles. The van der Waals surface area contributed by atoms with Gasteiger partial charge in [-0.1, -0.05) is 48.9 Å². The zero-order chi connectivity index (χ0) is 24.6. The number of pyridine rings is 2. The van der Waals surface area contributed by atoms with Crippen molar-refractivity contribution in [2.75, 3.05) is 0 Å². The van der Waals surface area contributed by atoms with Gasteiger partial charge in [-0.15, -0.1) is 0 Å². The van der Waals surface area contributed by atoms with E-state index >= 15 is 0 Å². The number of hydrogen-bond donors (Lipinski definition) is 0. The van der Waals surface area contributed by atoms with E-state index < -0.39 is 0 Å². The molecule has 0 fully saturated rings. The zero-order valence-corrected chi connectivity index (χ0v) is 20.6. The number of fused-ring (bicyclic) bond motifs is 2. The molecule has 0 amide bonds. The summed E-state index contributed by atoms with van der Waals surface area (Å²) in [4.78, 5) is 9.65. The smallest absolute Gasteiger partial charge is 0.137 e. The Morgan fingerprint density at radius 2 is 1.38 bits per heavy atom. The summed E-state index contributed by atoms with van der Waals surface area (Å²) < 4.78 is 8.62. The molecule has 0 atom stereocenters. The van der Waals surface area contributed by atoms with Crippen molar-refractivity contribution in [3.63, 3.8) is 0 Å². The Morgan fingerprint density at radius 3 is 2.19 bits per heavy atom. The third-order valence-corrected chi connectivity index (χ3v) is 7.30. The lowest BCUT2D eigenvalue weighted by Gasteiger charge is -2.10. The van der Waals surface area contributed by atoms with E-state index in [4.69, 9.17) is 14.7 Å². The number of hydrogen-bond acceptors (Lipinski definition) is 3. The van der Waals surface area contributed by atoms with Crippen LogP contribution in [0.3, 0.4) is 0 Å². The van der Waals surface area contributed by atoms with Crippen LogP contribution >= 0.6 is 0 Å². The van der Waals surface area contributed by atoms with Crippen molar-refractivity contribution in [2.45, 2.75) is 32.1 Å². The van der Waals surface area contributed by atoms with Crippen LogP contribution in [-0.4, -0.2) is 14.5 Å². The van der Waals surface area contributed by atoms with Crippen molar-refractivity contribution in [3.05, 3.63) is 115 Å². The molecule has 6 aromatic rings. The average Bonchev–Trinajstić information content (AvgIpc) is 3.27. The van der Waals surface area contributed by atoms with Gasteiger partial charge < -0.3 is 4.74 Å². The summed E-state index contributed by atoms with van der Waals surface area (Å²) >= 11 is 0. The fourth-order valence-electron chi connectivity index (χ4n) is 5.39. The molecule has 0 radical (unpaired) electrons. The number of aromatic nitrogens is 3. The zero-order valence-electron chi connectivity index (χ0n) is 20.6. The Hall–Kier alpha value is -4.44. The highest BCUT2D eigenvalue weighted by Gasteiger charge is 2.14. The van der Waals surface area contributed by atoms with Crippen LogP contribution in [0.2, 0.25) is 0 Å². The standard InChI is InChI=1S/C33H27N3O/c1-2-7-23-13-17-30(34-21-23)25-9-6-10-26(19-25)37-27-15-16-29-28-11-4-5-12-31(28)36(32(29)20-27)33-18-14-24(8-3-1)22-35-33/h4-6,9-22H,1-3,7-8H2. The van der Waals surface area contributed by atoms with Crippen molar-refractivity contribution >= 4 is 21.8 Å². The average molecular weight is 482 g/mol. The highest BCUT2D eigenvalue weighted by molar-refractivity contribution is 6.09. The van der Waals surface area contributed by atoms with E-state index in [1.807, 2.05) is 30.6 Å². The molecular weight excluding hydrogens is 454 g/mol. The predicted octanol–water partition coefficient (Wildman–Crippen LogP) is 8.30. The minimum absolute atomic E-state index is 0.791. The number of benzene rings is 3. The molecule has 4 aliphatic rings. The molecule has 0 saturated carbocycles. The van der Waals surface area contributed by atoms with Gasteiger partial charge >= 0.3 is 0 Å². The molecule has 4 aliphatic heterocycles. The van der Waals surface area contributed by atoms with Crippen LogP contribution in [0, 0.1) is 0 Å². The first kappa shape index (κ1) is 21.8. The van der Waals surface area contributed by atoms with Gasteiger partial charge in [-0.25, -0.2) is 4.98 Å². The van der Waals surface area contributed by atoms with Gasteiger partial charge in [-0.05, 0) is 79.3 Å². The van der Waals surface area contributed by atoms with Crippen molar-refractivity contribution in [3.8, 4) is 28.6 Å². The lowest BCUT2D eigenvalue weighted by molar-refractivity contribution is 0.483. The molecule has 4 heteroatoms. The first-order valence-corrected chi connectivity index (χ1v) is 13.0. The van der Waals surface area contributed by atoms with E-state index in [9.17, 15) is 0 Å². The summed E-state index contributed by atoms with van der Waals surface area (Å²) in [5.41, 5.74) is 6.81. The van der Waals surface area contributed by atoms with E-state index in [2.05, 4.69) is 77.4 Å². The summed E-state index contributed by atoms with van der Waals surface area (Å²) in [5, 5.41) is 2.39. The normalized spacial score (nSPS) is 13.6. The summed E-state index contributed by atoms with van der Waals surface area (Å²) in [6, 6.07) is 31.7. The number of para-hydroxylation sites is 1. The molecule has 0 saturated heterocycles. The Labute approximate surface area is 216 Å². The Morgan fingerprint density at radius 1 is 0.595 bits per heavy atom. The van der Waals surface area contributed by atoms with Crippen molar-refractivity contribution in [1.29, 1.82) is 0 Å². The maximum Gasteiger partial charge on any atom is 0.137 e. The SMILES string of the molecule is c1cc2cc(c1)-c1ccc(cn1)CCCCCc1ccc(nc1)-n1c3ccccc3c3ccc(cc31)O2. The topological polar surface area (TPSA) is 39.9 Å². The van der Waals surface area contributed by atoms with Gasteiger partial charge in [0, 0.05) is 34.8 Å². The third kappa shape index (κ3) is 4.15. The quantitative estimate of drug-likeness (QED) is 0.219. The molecule has 0 unspecified atom stereocenters. The predicted molar refractivity (Wildman–Crippen MR) is 150 cm³/mol. The molecular formula is C33H27N3O. The first-order valence-electron chi connectivity index (χ1n) is 13.0. The highest BCUT2D eigenvalue weighted by Crippen LogP contribution is 2.35. The molecule has 3 aromatic carbocycles. The molecule has 8 bridgehead atoms. The third-order valence-electron chi connectivity index (χ3n) is 7.30. The van der Waals surface area contributed by atoms with Crippen LogP contribution in [0.4, 0.5) is 0 Å². The molecule has 3 aromatic heterocycles. The second-order valence-electron chi connectivity index (χ2n) is 9.80. The van der Waals surface area contributed by atoms with Gasteiger partial charge in [0.2, 0.25) is 0 Å². The minimum atomic E-state index is 0.791. The molecule has 4 nitrogen and oxygen atoms in total. The van der Waals surface area contributed by atoms with Crippen LogP contribution in [0.5, 0.6) is 11.5 Å². The molecule has 0 N–H and O–H groups in total. The van der Waals surface area contributed by atoms with Gasteiger partial charge in [0.05, 0.1) is 16.7 Å². The van der Waals surface area contributed by atoms with E-state index in [1.165, 1.54) is 34.7 Å². The van der Waals surface area contributed by atoms with Crippen LogP contribution in [-0.2, 0) is 12.8 Å². The van der Waals surface area contributed by atoms with Gasteiger partial charge in [0.25, 0.3) is 0 Å². The largest absolute Gasteiger partial charge is 0.457 e. The molecule has 10 rings (SSSR count). The van der Waals surface area contributed by atoms with E-state index in [0.717, 1.165) is 58.9 Å². The maximum atomic E-state index is 6.38. The molecule has 37 heavy (non-hydrogen) atoms. The van der Waals surface area contributed by atoms with E-state index in [1.54, 1.807) is 0 Å². The highest BCUT2D eigenvalue weighted by atomic mass is 16.5. The Bertz CT molecular complexity index is 1720. The molecule has 0 spiro atoms. The van der Waals surface area contributed by atoms with Crippen LogP contribution in [0.1, 0.15) is 30.4 Å². The van der Waals surface area contributed by atoms with E-state index in [0.29, 0.717) is 0 Å². The van der Waals surface area contributed by atoms with E-state index in [-0.39, 0.29) is 0 Å². The Balaban J connectivity index is 1.37. The van der Waals surface area contributed by atoms with Crippen molar-refractivity contribution < 1.29 is 4.74 Å². The number of ether oxygens (including phenoxy) is 1. The summed E-state index contributed by atoms with van der Waals surface area (Å²) in [7, 11) is 0. The second kappa shape index (κ2) is 9.21. The van der Waals surface area contributed by atoms with Crippen LogP contribution < -0.4 is 4.74 Å². The van der Waals surface area contributed by atoms with Crippen molar-refractivity contribution in [2.24, 2.45) is 0 Å². The Kier molecular flexibility index (Phi) is 5.43. The number of rotatable bonds is 0. The van der Waals surface area contributed by atoms with Gasteiger partial charge in [-0.2, -0.15) is 0 Å². The molecule has 0 aliphatic carbocycles. The first-order chi connectivity index (χ1) is 18.3. The number of nitrogens with zero attached hydrogens (tertiary/aromatic N) is 3. The fourth-order valence-corrected chi connectivity index (χ4v) is 5.39. The van der Waals surface area contributed by atoms with Gasteiger partial charge in [0.1, 0.15) is 17.3 Å². The molecule has 180 valence electrons. The summed E-state index contributed by atoms with van der Waals surface area (Å²) in [6.45, 7) is 0. The van der Waals surface area contributed by atoms with Crippen molar-refractivity contribution in [1.82, 2.24) is 14.5 Å². The minimum Gasteiger partial charge on any atom is -0.457 e. The second-order valence-corrected chi connectivity index (χ2v) is 9.80. The maximum absolute atomic E-state index is 6.38. The lowest BCUT2D eigenvalue weighted by Crippen LogP contribution is -1.98. The van der Waals surface area contributed by atoms with Gasteiger partial charge in [0.15, 0.2) is 0 Å². The lowest BCUT2D eigenvalue weighted by atomic mass is 10.0. The summed E-state index contributed by atoms with van der Waals surface area (Å²) in [6.07, 6.45) is 9.67. The van der Waals surface area contributed by atoms with Crippen LogP contribution in [0.25, 0.3) is 38.9 Å².